The molecule has 4 nitrogen and oxygen atoms in total. The quantitative estimate of drug-likeness (QED) is 0.809. The second-order valence-electron chi connectivity index (χ2n) is 3.38. The normalized spacial score (nSPS) is 10.5. The van der Waals surface area contributed by atoms with Crippen molar-refractivity contribution in [3.63, 3.8) is 0 Å². The number of hydrogen-bond acceptors (Lipinski definition) is 3. The van der Waals surface area contributed by atoms with Gasteiger partial charge in [0.2, 0.25) is 0 Å². The molecule has 2 N–H and O–H groups in total. The Labute approximate surface area is 88.7 Å². The Morgan fingerprint density at radius 3 is 2.73 bits per heavy atom. The summed E-state index contributed by atoms with van der Waals surface area (Å²) in [5.74, 6) is 0. The first-order valence-corrected chi connectivity index (χ1v) is 5.07. The Morgan fingerprint density at radius 2 is 2.00 bits per heavy atom. The van der Waals surface area contributed by atoms with E-state index >= 15 is 0 Å². The van der Waals surface area contributed by atoms with E-state index in [1.807, 2.05) is 36.5 Å². The van der Waals surface area contributed by atoms with Gasteiger partial charge in [-0.15, -0.1) is 5.10 Å². The van der Waals surface area contributed by atoms with Gasteiger partial charge in [0.1, 0.15) is 0 Å². The van der Waals surface area contributed by atoms with Crippen LogP contribution >= 0.6 is 0 Å². The lowest BCUT2D eigenvalue weighted by Gasteiger charge is -1.97. The van der Waals surface area contributed by atoms with Crippen molar-refractivity contribution in [3.8, 4) is 5.69 Å². The van der Waals surface area contributed by atoms with E-state index in [0.717, 1.165) is 24.2 Å². The number of aromatic nitrogens is 3. The van der Waals surface area contributed by atoms with Crippen LogP contribution < -0.4 is 5.73 Å². The van der Waals surface area contributed by atoms with E-state index in [9.17, 15) is 0 Å². The fourth-order valence-electron chi connectivity index (χ4n) is 1.40. The summed E-state index contributed by atoms with van der Waals surface area (Å²) in [5, 5.41) is 8.15. The van der Waals surface area contributed by atoms with Crippen LogP contribution in [0.1, 0.15) is 12.1 Å². The molecule has 0 saturated heterocycles. The zero-order chi connectivity index (χ0) is 10.5. The molecule has 4 heteroatoms. The molecule has 0 unspecified atom stereocenters. The number of hydrogen-bond donors (Lipinski definition) is 1. The van der Waals surface area contributed by atoms with Crippen molar-refractivity contribution in [2.75, 3.05) is 6.54 Å². The van der Waals surface area contributed by atoms with Crippen LogP contribution in [-0.4, -0.2) is 21.5 Å². The molecule has 0 amide bonds. The minimum atomic E-state index is 0.693. The summed E-state index contributed by atoms with van der Waals surface area (Å²) in [7, 11) is 0. The van der Waals surface area contributed by atoms with Gasteiger partial charge in [0.05, 0.1) is 17.6 Å². The van der Waals surface area contributed by atoms with Crippen LogP contribution in [0.3, 0.4) is 0 Å². The van der Waals surface area contributed by atoms with E-state index < -0.39 is 0 Å². The number of nitrogens with zero attached hydrogens (tertiary/aromatic N) is 3. The van der Waals surface area contributed by atoms with Gasteiger partial charge in [-0.2, -0.15) is 0 Å². The predicted molar refractivity (Wildman–Crippen MR) is 58.7 cm³/mol. The fourth-order valence-corrected chi connectivity index (χ4v) is 1.40. The van der Waals surface area contributed by atoms with Crippen molar-refractivity contribution in [2.24, 2.45) is 5.73 Å². The monoisotopic (exact) mass is 202 g/mol. The average molecular weight is 202 g/mol. The van der Waals surface area contributed by atoms with Crippen molar-refractivity contribution >= 4 is 0 Å². The Morgan fingerprint density at radius 1 is 1.20 bits per heavy atom. The Hall–Kier alpha value is -1.68. The minimum Gasteiger partial charge on any atom is -0.330 e. The molecule has 1 aromatic heterocycles. The summed E-state index contributed by atoms with van der Waals surface area (Å²) in [6.45, 7) is 0.693. The van der Waals surface area contributed by atoms with Crippen LogP contribution in [-0.2, 0) is 6.42 Å². The van der Waals surface area contributed by atoms with Crippen LogP contribution in [0, 0.1) is 0 Å². The van der Waals surface area contributed by atoms with Gasteiger partial charge in [-0.05, 0) is 31.5 Å². The van der Waals surface area contributed by atoms with Crippen LogP contribution in [0.5, 0.6) is 0 Å². The summed E-state index contributed by atoms with van der Waals surface area (Å²) in [6, 6.07) is 9.95. The van der Waals surface area contributed by atoms with Crippen LogP contribution in [0.15, 0.2) is 36.5 Å². The van der Waals surface area contributed by atoms with Gasteiger partial charge in [0.15, 0.2) is 0 Å². The van der Waals surface area contributed by atoms with Gasteiger partial charge in [0, 0.05) is 0 Å². The average Bonchev–Trinajstić information content (AvgIpc) is 2.76. The standard InChI is InChI=1S/C11H14N4/c12-8-4-5-10-9-15(14-13-10)11-6-2-1-3-7-11/h1-3,6-7,9H,4-5,8,12H2. The van der Waals surface area contributed by atoms with Crippen molar-refractivity contribution in [1.29, 1.82) is 0 Å². The molecule has 1 heterocycles. The third kappa shape index (κ3) is 2.41. The van der Waals surface area contributed by atoms with E-state index in [4.69, 9.17) is 5.73 Å². The predicted octanol–water partition coefficient (Wildman–Crippen LogP) is 1.16. The zero-order valence-electron chi connectivity index (χ0n) is 8.50. The zero-order valence-corrected chi connectivity index (χ0v) is 8.50. The lowest BCUT2D eigenvalue weighted by molar-refractivity contribution is 0.779. The fraction of sp³-hybridized carbons (Fsp3) is 0.273. The summed E-state index contributed by atoms with van der Waals surface area (Å²) in [6.07, 6.45) is 3.79. The number of benzene rings is 1. The highest BCUT2D eigenvalue weighted by Crippen LogP contribution is 2.06. The van der Waals surface area contributed by atoms with Crippen LogP contribution in [0.25, 0.3) is 5.69 Å². The molecule has 0 fully saturated rings. The summed E-state index contributed by atoms with van der Waals surface area (Å²) in [5.41, 5.74) is 7.46. The molecule has 0 atom stereocenters. The highest BCUT2D eigenvalue weighted by Gasteiger charge is 2.01. The maximum absolute atomic E-state index is 5.44. The van der Waals surface area contributed by atoms with Gasteiger partial charge in [-0.25, -0.2) is 4.68 Å². The van der Waals surface area contributed by atoms with Gasteiger partial charge in [0.25, 0.3) is 0 Å². The number of nitrogens with two attached hydrogens (primary N) is 1. The molecular formula is C11H14N4. The highest BCUT2D eigenvalue weighted by atomic mass is 15.4. The third-order valence-electron chi connectivity index (χ3n) is 2.20. The Balaban J connectivity index is 2.14. The first kappa shape index (κ1) is 9.86. The molecule has 2 aromatic rings. The molecule has 0 aliphatic rings. The first-order valence-electron chi connectivity index (χ1n) is 5.07. The molecule has 0 bridgehead atoms. The first-order chi connectivity index (χ1) is 7.40. The van der Waals surface area contributed by atoms with E-state index in [0.29, 0.717) is 6.54 Å². The number of para-hydroxylation sites is 1. The second-order valence-corrected chi connectivity index (χ2v) is 3.38. The molecule has 0 saturated carbocycles. The van der Waals surface area contributed by atoms with Gasteiger partial charge < -0.3 is 5.73 Å². The molecule has 0 radical (unpaired) electrons. The molecule has 15 heavy (non-hydrogen) atoms. The van der Waals surface area contributed by atoms with Crippen LogP contribution in [0.2, 0.25) is 0 Å². The smallest absolute Gasteiger partial charge is 0.0832 e. The van der Waals surface area contributed by atoms with Crippen molar-refractivity contribution in [3.05, 3.63) is 42.2 Å². The summed E-state index contributed by atoms with van der Waals surface area (Å²) >= 11 is 0. The molecule has 0 spiro atoms. The third-order valence-corrected chi connectivity index (χ3v) is 2.20. The van der Waals surface area contributed by atoms with E-state index in [1.165, 1.54) is 0 Å². The molecule has 1 aromatic carbocycles. The SMILES string of the molecule is NCCCc1cn(-c2ccccc2)nn1. The Bertz CT molecular complexity index is 408. The van der Waals surface area contributed by atoms with E-state index in [2.05, 4.69) is 10.3 Å². The van der Waals surface area contributed by atoms with Gasteiger partial charge >= 0.3 is 0 Å². The molecule has 0 aliphatic heterocycles. The maximum atomic E-state index is 5.44. The molecular weight excluding hydrogens is 188 g/mol. The van der Waals surface area contributed by atoms with E-state index in [-0.39, 0.29) is 0 Å². The number of rotatable bonds is 4. The topological polar surface area (TPSA) is 56.7 Å². The van der Waals surface area contributed by atoms with Crippen molar-refractivity contribution in [1.82, 2.24) is 15.0 Å². The molecule has 78 valence electrons. The van der Waals surface area contributed by atoms with E-state index in [1.54, 1.807) is 4.68 Å². The number of aryl methyl sites for hydroxylation is 1. The minimum absolute atomic E-state index is 0.693. The summed E-state index contributed by atoms with van der Waals surface area (Å²) in [4.78, 5) is 0. The highest BCUT2D eigenvalue weighted by molar-refractivity contribution is 5.29. The van der Waals surface area contributed by atoms with Crippen LogP contribution in [0.4, 0.5) is 0 Å². The largest absolute Gasteiger partial charge is 0.330 e. The molecule has 2 rings (SSSR count). The van der Waals surface area contributed by atoms with Gasteiger partial charge in [-0.3, -0.25) is 0 Å². The molecule has 0 aliphatic carbocycles. The second kappa shape index (κ2) is 4.70. The van der Waals surface area contributed by atoms with Crippen molar-refractivity contribution < 1.29 is 0 Å². The van der Waals surface area contributed by atoms with Gasteiger partial charge in [-0.1, -0.05) is 23.4 Å². The lowest BCUT2D eigenvalue weighted by Crippen LogP contribution is -2.00. The lowest BCUT2D eigenvalue weighted by atomic mass is 10.2. The van der Waals surface area contributed by atoms with Crippen molar-refractivity contribution in [2.45, 2.75) is 12.8 Å². The Kier molecular flexibility index (Phi) is 3.09. The summed E-state index contributed by atoms with van der Waals surface area (Å²) < 4.78 is 1.78. The maximum Gasteiger partial charge on any atom is 0.0832 e.